The minimum Gasteiger partial charge on any atom is -0.478 e. The topological polar surface area (TPSA) is 72.8 Å². The third-order valence-corrected chi connectivity index (χ3v) is 1.81. The van der Waals surface area contributed by atoms with Gasteiger partial charge in [0.2, 0.25) is 0 Å². The summed E-state index contributed by atoms with van der Waals surface area (Å²) in [4.78, 5) is 20.4. The van der Waals surface area contributed by atoms with Gasteiger partial charge in [0.05, 0.1) is 7.11 Å². The van der Waals surface area contributed by atoms with Gasteiger partial charge in [-0.3, -0.25) is 0 Å². The minimum absolute atomic E-state index is 0.254. The first-order valence-electron chi connectivity index (χ1n) is 5.59. The van der Waals surface area contributed by atoms with Gasteiger partial charge in [0.25, 0.3) is 0 Å². The van der Waals surface area contributed by atoms with Crippen LogP contribution < -0.4 is 0 Å². The van der Waals surface area contributed by atoms with Gasteiger partial charge in [-0.1, -0.05) is 13.2 Å². The maximum absolute atomic E-state index is 10.2. The van der Waals surface area contributed by atoms with E-state index in [-0.39, 0.29) is 11.5 Å². The zero-order chi connectivity index (χ0) is 14.6. The van der Waals surface area contributed by atoms with Crippen LogP contribution in [-0.4, -0.2) is 37.4 Å². The van der Waals surface area contributed by atoms with Gasteiger partial charge in [-0.15, -0.1) is 0 Å². The SMILES string of the molecule is C=C(C)C(=O)OC.C=C(CCCOCC)C(=O)O. The molecule has 0 atom stereocenters. The third-order valence-electron chi connectivity index (χ3n) is 1.81. The number of hydrogen-bond acceptors (Lipinski definition) is 4. The summed E-state index contributed by atoms with van der Waals surface area (Å²) in [5, 5.41) is 8.40. The van der Waals surface area contributed by atoms with E-state index in [0.717, 1.165) is 6.42 Å². The Kier molecular flexibility index (Phi) is 12.3. The summed E-state index contributed by atoms with van der Waals surface area (Å²) in [7, 11) is 1.33. The molecule has 0 saturated carbocycles. The average molecular weight is 258 g/mol. The highest BCUT2D eigenvalue weighted by molar-refractivity contribution is 5.86. The Bertz CT molecular complexity index is 294. The molecule has 0 spiro atoms. The van der Waals surface area contributed by atoms with Gasteiger partial charge in [0.15, 0.2) is 0 Å². The van der Waals surface area contributed by atoms with Crippen LogP contribution in [0.1, 0.15) is 26.7 Å². The number of hydrogen-bond donors (Lipinski definition) is 1. The maximum atomic E-state index is 10.2. The Morgan fingerprint density at radius 2 is 1.83 bits per heavy atom. The van der Waals surface area contributed by atoms with Crippen LogP contribution in [0.25, 0.3) is 0 Å². The molecule has 0 fully saturated rings. The van der Waals surface area contributed by atoms with Crippen molar-refractivity contribution >= 4 is 11.9 Å². The van der Waals surface area contributed by atoms with E-state index in [1.165, 1.54) is 7.11 Å². The Morgan fingerprint density at radius 3 is 2.11 bits per heavy atom. The molecule has 0 aromatic carbocycles. The predicted molar refractivity (Wildman–Crippen MR) is 69.3 cm³/mol. The molecule has 0 radical (unpaired) electrons. The van der Waals surface area contributed by atoms with Crippen molar-refractivity contribution in [2.45, 2.75) is 26.7 Å². The highest BCUT2D eigenvalue weighted by atomic mass is 16.5. The number of rotatable bonds is 7. The molecule has 0 aromatic heterocycles. The lowest BCUT2D eigenvalue weighted by Gasteiger charge is -2.00. The van der Waals surface area contributed by atoms with E-state index in [1.807, 2.05) is 6.92 Å². The van der Waals surface area contributed by atoms with Gasteiger partial charge in [-0.25, -0.2) is 9.59 Å². The van der Waals surface area contributed by atoms with Crippen molar-refractivity contribution in [3.05, 3.63) is 24.3 Å². The van der Waals surface area contributed by atoms with Gasteiger partial charge in [0.1, 0.15) is 0 Å². The molecule has 104 valence electrons. The molecule has 0 aliphatic rings. The average Bonchev–Trinajstić information content (AvgIpc) is 2.33. The van der Waals surface area contributed by atoms with Crippen LogP contribution in [0, 0.1) is 0 Å². The van der Waals surface area contributed by atoms with E-state index in [0.29, 0.717) is 25.2 Å². The van der Waals surface area contributed by atoms with E-state index in [9.17, 15) is 9.59 Å². The predicted octanol–water partition coefficient (Wildman–Crippen LogP) is 2.18. The van der Waals surface area contributed by atoms with Crippen LogP contribution in [0.15, 0.2) is 24.3 Å². The number of ether oxygens (including phenoxy) is 2. The summed E-state index contributed by atoms with van der Waals surface area (Å²) in [6, 6.07) is 0. The summed E-state index contributed by atoms with van der Waals surface area (Å²) in [6.45, 7) is 11.6. The molecule has 0 unspecified atom stereocenters. The molecular weight excluding hydrogens is 236 g/mol. The highest BCUT2D eigenvalue weighted by Gasteiger charge is 2.01. The molecule has 0 aliphatic carbocycles. The minimum atomic E-state index is -0.915. The van der Waals surface area contributed by atoms with E-state index in [1.54, 1.807) is 6.92 Å². The molecule has 0 aromatic rings. The van der Waals surface area contributed by atoms with Crippen LogP contribution in [0.2, 0.25) is 0 Å². The number of carbonyl (C=O) groups excluding carboxylic acids is 1. The second-order valence-corrected chi connectivity index (χ2v) is 3.48. The molecule has 5 heteroatoms. The van der Waals surface area contributed by atoms with Crippen molar-refractivity contribution in [3.63, 3.8) is 0 Å². The monoisotopic (exact) mass is 258 g/mol. The van der Waals surface area contributed by atoms with E-state index in [4.69, 9.17) is 9.84 Å². The Hall–Kier alpha value is -1.62. The maximum Gasteiger partial charge on any atom is 0.332 e. The van der Waals surface area contributed by atoms with Gasteiger partial charge >= 0.3 is 11.9 Å². The van der Waals surface area contributed by atoms with Crippen molar-refractivity contribution in [1.82, 2.24) is 0 Å². The molecule has 0 bridgehead atoms. The fraction of sp³-hybridized carbons (Fsp3) is 0.538. The fourth-order valence-corrected chi connectivity index (χ4v) is 0.813. The van der Waals surface area contributed by atoms with Gasteiger partial charge in [-0.05, 0) is 26.7 Å². The van der Waals surface area contributed by atoms with Gasteiger partial charge in [-0.2, -0.15) is 0 Å². The summed E-state index contributed by atoms with van der Waals surface area (Å²) in [5.41, 5.74) is 0.687. The van der Waals surface area contributed by atoms with Gasteiger partial charge < -0.3 is 14.6 Å². The molecule has 18 heavy (non-hydrogen) atoms. The summed E-state index contributed by atoms with van der Waals surface area (Å²) >= 11 is 0. The van der Waals surface area contributed by atoms with Crippen LogP contribution in [0.5, 0.6) is 0 Å². The first-order valence-corrected chi connectivity index (χ1v) is 5.59. The first-order chi connectivity index (χ1) is 8.36. The molecule has 5 nitrogen and oxygen atoms in total. The number of carboxylic acids is 1. The molecular formula is C13H22O5. The smallest absolute Gasteiger partial charge is 0.332 e. The Labute approximate surface area is 108 Å². The Morgan fingerprint density at radius 1 is 1.28 bits per heavy atom. The van der Waals surface area contributed by atoms with Crippen LogP contribution >= 0.6 is 0 Å². The van der Waals surface area contributed by atoms with Crippen molar-refractivity contribution < 1.29 is 24.2 Å². The third kappa shape index (κ3) is 12.4. The Balaban J connectivity index is 0. The molecule has 0 heterocycles. The summed E-state index contributed by atoms with van der Waals surface area (Å²) in [6.07, 6.45) is 1.24. The normalized spacial score (nSPS) is 8.83. The lowest BCUT2D eigenvalue weighted by Crippen LogP contribution is -2.01. The number of methoxy groups -OCH3 is 1. The first kappa shape index (κ1) is 18.7. The quantitative estimate of drug-likeness (QED) is 0.430. The number of esters is 1. The number of carbonyl (C=O) groups is 2. The second kappa shape index (κ2) is 11.9. The highest BCUT2D eigenvalue weighted by Crippen LogP contribution is 2.01. The number of carboxylic acid groups (broad SMARTS) is 1. The summed E-state index contributed by atoms with van der Waals surface area (Å²) < 4.78 is 9.30. The lowest BCUT2D eigenvalue weighted by atomic mass is 10.2. The van der Waals surface area contributed by atoms with Gasteiger partial charge in [0, 0.05) is 24.4 Å². The summed E-state index contributed by atoms with van der Waals surface area (Å²) in [5.74, 6) is -1.26. The van der Waals surface area contributed by atoms with Crippen LogP contribution in [0.3, 0.4) is 0 Å². The van der Waals surface area contributed by atoms with Crippen molar-refractivity contribution in [1.29, 1.82) is 0 Å². The lowest BCUT2D eigenvalue weighted by molar-refractivity contribution is -0.136. The van der Waals surface area contributed by atoms with E-state index < -0.39 is 5.97 Å². The number of aliphatic carboxylic acids is 1. The molecule has 0 amide bonds. The standard InChI is InChI=1S/C8H14O3.C5H8O2/c1-3-11-6-4-5-7(2)8(9)10;1-4(2)5(6)7-3/h2-6H2,1H3,(H,9,10);1H2,2-3H3. The molecule has 0 saturated heterocycles. The molecule has 0 rings (SSSR count). The largest absolute Gasteiger partial charge is 0.478 e. The van der Waals surface area contributed by atoms with Crippen LogP contribution in [-0.2, 0) is 19.1 Å². The molecule has 1 N–H and O–H groups in total. The van der Waals surface area contributed by atoms with Crippen molar-refractivity contribution in [2.24, 2.45) is 0 Å². The molecule has 0 aliphatic heterocycles. The zero-order valence-electron chi connectivity index (χ0n) is 11.3. The van der Waals surface area contributed by atoms with E-state index in [2.05, 4.69) is 17.9 Å². The van der Waals surface area contributed by atoms with Crippen molar-refractivity contribution in [2.75, 3.05) is 20.3 Å². The second-order valence-electron chi connectivity index (χ2n) is 3.48. The van der Waals surface area contributed by atoms with Crippen LogP contribution in [0.4, 0.5) is 0 Å². The van der Waals surface area contributed by atoms with Crippen molar-refractivity contribution in [3.8, 4) is 0 Å². The zero-order valence-corrected chi connectivity index (χ0v) is 11.3. The van der Waals surface area contributed by atoms with E-state index >= 15 is 0 Å². The fourth-order valence-electron chi connectivity index (χ4n) is 0.813.